The Labute approximate surface area is 74.7 Å². The molecule has 1 amide bonds. The zero-order valence-electron chi connectivity index (χ0n) is 6.83. The molecule has 0 aromatic heterocycles. The lowest BCUT2D eigenvalue weighted by Crippen LogP contribution is -2.37. The molecule has 1 aromatic carbocycles. The van der Waals surface area contributed by atoms with E-state index in [-0.39, 0.29) is 18.2 Å². The zero-order chi connectivity index (χ0) is 9.42. The number of nitrogens with one attached hydrogen (secondary N) is 1. The van der Waals surface area contributed by atoms with Crippen LogP contribution in [-0.4, -0.2) is 18.2 Å². The number of carbonyl (C=O) groups is 2. The quantitative estimate of drug-likeness (QED) is 0.446. The molecule has 0 saturated carbocycles. The minimum Gasteiger partial charge on any atom is -0.398 e. The zero-order valence-corrected chi connectivity index (χ0v) is 6.83. The molecule has 0 spiro atoms. The van der Waals surface area contributed by atoms with Crippen LogP contribution in [0, 0.1) is 0 Å². The topological polar surface area (TPSA) is 72.2 Å². The maximum atomic E-state index is 11.3. The Morgan fingerprint density at radius 2 is 2.08 bits per heavy atom. The summed E-state index contributed by atoms with van der Waals surface area (Å²) in [5, 5.41) is 2.46. The van der Waals surface area contributed by atoms with Gasteiger partial charge in [0, 0.05) is 11.3 Å². The van der Waals surface area contributed by atoms with E-state index in [0.717, 1.165) is 0 Å². The highest BCUT2D eigenvalue weighted by atomic mass is 16.2. The summed E-state index contributed by atoms with van der Waals surface area (Å²) < 4.78 is 0. The molecule has 0 atom stereocenters. The summed E-state index contributed by atoms with van der Waals surface area (Å²) in [6, 6.07) is 4.90. The van der Waals surface area contributed by atoms with Crippen LogP contribution in [0.2, 0.25) is 0 Å². The second kappa shape index (κ2) is 2.58. The van der Waals surface area contributed by atoms with Crippen molar-refractivity contribution >= 4 is 17.4 Å². The first-order valence-electron chi connectivity index (χ1n) is 3.90. The van der Waals surface area contributed by atoms with Gasteiger partial charge in [-0.25, -0.2) is 0 Å². The molecule has 1 aliphatic rings. The van der Waals surface area contributed by atoms with Crippen LogP contribution in [-0.2, 0) is 0 Å². The number of hydrogen-bond acceptors (Lipinski definition) is 3. The standard InChI is InChI=1S/C9H8N2O2/c10-6-3-1-2-5-7(12)4-11-9(13)8(5)6/h1-3H,4,10H2,(H,11,13)/i1+1,2+1,3+1,5+1,6+1,7+1,8+1,9+1. The van der Waals surface area contributed by atoms with Gasteiger partial charge in [0.1, 0.15) is 0 Å². The van der Waals surface area contributed by atoms with Crippen molar-refractivity contribution in [1.82, 2.24) is 5.32 Å². The van der Waals surface area contributed by atoms with Gasteiger partial charge in [0.25, 0.3) is 5.91 Å². The summed E-state index contributed by atoms with van der Waals surface area (Å²) in [5.41, 5.74) is 6.66. The second-order valence-electron chi connectivity index (χ2n) is 2.88. The number of fused-ring (bicyclic) bond motifs is 1. The number of carbonyl (C=O) groups excluding carboxylic acids is 2. The molecule has 2 rings (SSSR count). The maximum Gasteiger partial charge on any atom is 0.254 e. The highest BCUT2D eigenvalue weighted by Gasteiger charge is 2.24. The van der Waals surface area contributed by atoms with Crippen molar-refractivity contribution < 1.29 is 9.59 Å². The Bertz CT molecular complexity index is 399. The normalized spacial score (nSPS) is 15.1. The number of ketones is 1. The number of nitrogens with two attached hydrogens (primary N) is 1. The molecule has 0 fully saturated rings. The molecular formula is C9H8N2O2. The Kier molecular flexibility index (Phi) is 1.55. The third-order valence-electron chi connectivity index (χ3n) is 2.03. The number of amides is 1. The molecule has 1 aliphatic heterocycles. The van der Waals surface area contributed by atoms with Crippen LogP contribution < -0.4 is 11.1 Å². The van der Waals surface area contributed by atoms with Crippen molar-refractivity contribution in [3.8, 4) is 0 Å². The SMILES string of the molecule is N[13c]1[13cH][13cH][13cH][13c]2[13c]1[13C](=O)NC[13C]2=O. The van der Waals surface area contributed by atoms with Crippen molar-refractivity contribution in [3.63, 3.8) is 0 Å². The van der Waals surface area contributed by atoms with Crippen LogP contribution in [0.5, 0.6) is 0 Å². The molecule has 4 heteroatoms. The number of rotatable bonds is 0. The van der Waals surface area contributed by atoms with E-state index < -0.39 is 0 Å². The Morgan fingerprint density at radius 1 is 1.31 bits per heavy atom. The van der Waals surface area contributed by atoms with Crippen molar-refractivity contribution in [2.45, 2.75) is 0 Å². The summed E-state index contributed by atoms with van der Waals surface area (Å²) in [6.07, 6.45) is 0. The lowest BCUT2D eigenvalue weighted by molar-refractivity contribution is 0.0878. The number of benzene rings is 1. The average Bonchev–Trinajstić information content (AvgIpc) is 2.12. The first-order valence-corrected chi connectivity index (χ1v) is 3.90. The first-order chi connectivity index (χ1) is 6.20. The fourth-order valence-electron chi connectivity index (χ4n) is 1.40. The highest BCUT2D eigenvalue weighted by Crippen LogP contribution is 2.19. The van der Waals surface area contributed by atoms with E-state index in [2.05, 4.69) is 5.32 Å². The van der Waals surface area contributed by atoms with Crippen LogP contribution in [0.25, 0.3) is 0 Å². The second-order valence-corrected chi connectivity index (χ2v) is 2.88. The minimum absolute atomic E-state index is 0.0648. The van der Waals surface area contributed by atoms with E-state index in [9.17, 15) is 9.59 Å². The monoisotopic (exact) mass is 184 g/mol. The lowest BCUT2D eigenvalue weighted by Gasteiger charge is -2.16. The van der Waals surface area contributed by atoms with E-state index in [1.54, 1.807) is 18.2 Å². The number of Topliss-reactive ketones (excluding diaryl/α,β-unsaturated/α-hetero) is 1. The summed E-state index contributed by atoms with van der Waals surface area (Å²) in [6.45, 7) is 0.0648. The molecule has 0 aliphatic carbocycles. The van der Waals surface area contributed by atoms with Crippen LogP contribution in [0.15, 0.2) is 18.2 Å². The number of hydrogen-bond donors (Lipinski definition) is 2. The first kappa shape index (κ1) is 7.79. The van der Waals surface area contributed by atoms with Gasteiger partial charge in [0.2, 0.25) is 0 Å². The molecule has 66 valence electrons. The van der Waals surface area contributed by atoms with Gasteiger partial charge in [-0.2, -0.15) is 0 Å². The van der Waals surface area contributed by atoms with E-state index in [1.165, 1.54) is 0 Å². The van der Waals surface area contributed by atoms with E-state index >= 15 is 0 Å². The Morgan fingerprint density at radius 3 is 2.77 bits per heavy atom. The van der Waals surface area contributed by atoms with Gasteiger partial charge >= 0.3 is 0 Å². The fourth-order valence-corrected chi connectivity index (χ4v) is 1.40. The van der Waals surface area contributed by atoms with Gasteiger partial charge in [0.15, 0.2) is 5.78 Å². The van der Waals surface area contributed by atoms with Gasteiger partial charge in [-0.1, -0.05) is 12.1 Å². The van der Waals surface area contributed by atoms with Crippen LogP contribution >= 0.6 is 0 Å². The van der Waals surface area contributed by atoms with Crippen LogP contribution in [0.1, 0.15) is 20.7 Å². The third-order valence-corrected chi connectivity index (χ3v) is 2.03. The highest BCUT2D eigenvalue weighted by molar-refractivity contribution is 6.16. The summed E-state index contributed by atoms with van der Waals surface area (Å²) in [4.78, 5) is 22.6. The van der Waals surface area contributed by atoms with Crippen LogP contribution in [0.3, 0.4) is 0 Å². The average molecular weight is 184 g/mol. The third kappa shape index (κ3) is 1.07. The summed E-state index contributed by atoms with van der Waals surface area (Å²) in [5.74, 6) is -0.366. The largest absolute Gasteiger partial charge is 0.398 e. The minimum atomic E-state index is -0.271. The lowest BCUT2D eigenvalue weighted by atomic mass is 10.8. The van der Waals surface area contributed by atoms with Crippen molar-refractivity contribution in [3.05, 3.63) is 29.3 Å². The molecular weight excluding hydrogens is 176 g/mol. The van der Waals surface area contributed by atoms with Crippen molar-refractivity contribution in [2.24, 2.45) is 0 Å². The molecule has 3 N–H and O–H groups in total. The smallest absolute Gasteiger partial charge is 0.254 e. The van der Waals surface area contributed by atoms with Gasteiger partial charge < -0.3 is 11.1 Å². The molecule has 4 nitrogen and oxygen atoms in total. The Hall–Kier alpha value is -1.84. The molecule has 1 aromatic rings. The van der Waals surface area contributed by atoms with E-state index in [4.69, 9.17) is 5.73 Å². The number of anilines is 1. The summed E-state index contributed by atoms with van der Waals surface area (Å²) >= 11 is 0. The van der Waals surface area contributed by atoms with Gasteiger partial charge in [0.05, 0.1) is 12.1 Å². The van der Waals surface area contributed by atoms with E-state index in [1.807, 2.05) is 0 Å². The molecule has 0 bridgehead atoms. The maximum absolute atomic E-state index is 11.3. The van der Waals surface area contributed by atoms with Gasteiger partial charge in [-0.05, 0) is 6.07 Å². The van der Waals surface area contributed by atoms with Gasteiger partial charge in [-0.3, -0.25) is 9.59 Å². The Balaban J connectivity index is 2.70. The molecule has 0 unspecified atom stereocenters. The fraction of sp³-hybridized carbons (Fsp3) is 0.111. The number of nitrogen functional groups attached to an aromatic ring is 1. The molecule has 0 saturated heterocycles. The predicted molar refractivity (Wildman–Crippen MR) is 47.5 cm³/mol. The summed E-state index contributed by atoms with van der Waals surface area (Å²) in [7, 11) is 0. The van der Waals surface area contributed by atoms with E-state index in [0.29, 0.717) is 16.8 Å². The molecule has 0 radical (unpaired) electrons. The molecule has 1 heterocycles. The van der Waals surface area contributed by atoms with Crippen LogP contribution in [0.4, 0.5) is 5.69 Å². The van der Waals surface area contributed by atoms with Gasteiger partial charge in [-0.15, -0.1) is 0 Å². The van der Waals surface area contributed by atoms with Crippen molar-refractivity contribution in [2.75, 3.05) is 12.3 Å². The van der Waals surface area contributed by atoms with Crippen molar-refractivity contribution in [1.29, 1.82) is 0 Å². The molecule has 13 heavy (non-hydrogen) atoms. The predicted octanol–water partition coefficient (Wildman–Crippen LogP) is 0.195.